The van der Waals surface area contributed by atoms with Gasteiger partial charge >= 0.3 is 34.2 Å². The SMILES string of the molecule is C[C@H](N)C(=O)O.N.[Cl][Pt]. The zero-order valence-corrected chi connectivity index (χ0v) is 7.94. The predicted molar refractivity (Wildman–Crippen MR) is 32.2 cm³/mol. The number of halogens is 1. The molecule has 0 aromatic rings. The van der Waals surface area contributed by atoms with Gasteiger partial charge in [-0.2, -0.15) is 0 Å². The number of carbonyl (C=O) groups is 1. The Morgan fingerprint density at radius 2 is 1.89 bits per heavy atom. The number of rotatable bonds is 1. The van der Waals surface area contributed by atoms with E-state index in [9.17, 15) is 4.79 Å². The van der Waals surface area contributed by atoms with E-state index in [4.69, 9.17) is 10.8 Å². The van der Waals surface area contributed by atoms with E-state index in [0.717, 1.165) is 0 Å². The Bertz CT molecular complexity index is 70.8. The van der Waals surface area contributed by atoms with Gasteiger partial charge in [-0.3, -0.25) is 4.79 Å². The molecule has 0 saturated heterocycles. The van der Waals surface area contributed by atoms with E-state index in [-0.39, 0.29) is 6.15 Å². The molecule has 0 amide bonds. The molecule has 1 atom stereocenters. The van der Waals surface area contributed by atoms with Gasteiger partial charge < -0.3 is 17.0 Å². The molecule has 4 nitrogen and oxygen atoms in total. The minimum atomic E-state index is -0.963. The van der Waals surface area contributed by atoms with Crippen LogP contribution in [-0.2, 0) is 23.6 Å². The van der Waals surface area contributed by atoms with Crippen LogP contribution in [0.2, 0.25) is 0 Å². The van der Waals surface area contributed by atoms with E-state index in [1.807, 2.05) is 0 Å². The van der Waals surface area contributed by atoms with Crippen LogP contribution in [0.25, 0.3) is 0 Å². The van der Waals surface area contributed by atoms with Gasteiger partial charge in [0.2, 0.25) is 0 Å². The maximum atomic E-state index is 9.57. The first-order chi connectivity index (χ1) is 3.64. The van der Waals surface area contributed by atoms with Gasteiger partial charge in [0, 0.05) is 0 Å². The van der Waals surface area contributed by atoms with Crippen LogP contribution in [0.1, 0.15) is 6.92 Å². The summed E-state index contributed by atoms with van der Waals surface area (Å²) in [5.41, 5.74) is 4.84. The molecule has 0 radical (unpaired) electrons. The third kappa shape index (κ3) is 17.8. The summed E-state index contributed by atoms with van der Waals surface area (Å²) in [4.78, 5) is 9.57. The molecule has 0 heterocycles. The molecule has 0 aromatic carbocycles. The van der Waals surface area contributed by atoms with E-state index < -0.39 is 12.0 Å². The predicted octanol–water partition coefficient (Wildman–Crippen LogP) is 0.267. The fourth-order valence-corrected chi connectivity index (χ4v) is 0. The number of hydrogen-bond donors (Lipinski definition) is 3. The van der Waals surface area contributed by atoms with Crippen molar-refractivity contribution in [3.63, 3.8) is 0 Å². The molecular formula is C3H10ClN2O2Pt. The van der Waals surface area contributed by atoms with Crippen LogP contribution in [0.4, 0.5) is 0 Å². The van der Waals surface area contributed by atoms with Crippen molar-refractivity contribution in [3.8, 4) is 0 Å². The molecule has 0 aliphatic rings. The monoisotopic (exact) mass is 336 g/mol. The molecule has 0 aliphatic heterocycles. The molecule has 9 heavy (non-hydrogen) atoms. The second kappa shape index (κ2) is 11.2. The van der Waals surface area contributed by atoms with Gasteiger partial charge in [0.05, 0.1) is 0 Å². The third-order valence-corrected chi connectivity index (χ3v) is 0.390. The minimum absolute atomic E-state index is 0. The zero-order valence-electron chi connectivity index (χ0n) is 4.91. The van der Waals surface area contributed by atoms with Crippen LogP contribution in [0.5, 0.6) is 0 Å². The molecule has 0 spiro atoms. The second-order valence-corrected chi connectivity index (χ2v) is 1.13. The third-order valence-electron chi connectivity index (χ3n) is 0.390. The zero-order chi connectivity index (χ0) is 7.15. The first-order valence-electron chi connectivity index (χ1n) is 1.75. The Hall–Kier alpha value is 0.368. The van der Waals surface area contributed by atoms with Crippen molar-refractivity contribution in [2.75, 3.05) is 0 Å². The van der Waals surface area contributed by atoms with Gasteiger partial charge in [0.15, 0.2) is 0 Å². The molecule has 0 rings (SSSR count). The molecule has 0 fully saturated rings. The fraction of sp³-hybridized carbons (Fsp3) is 0.667. The van der Waals surface area contributed by atoms with E-state index in [2.05, 4.69) is 9.42 Å². The normalized spacial score (nSPS) is 9.89. The van der Waals surface area contributed by atoms with Crippen molar-refractivity contribution in [1.82, 2.24) is 6.15 Å². The number of carboxylic acids is 1. The Kier molecular flexibility index (Phi) is 20.1. The standard InChI is InChI=1S/C3H7NO2.ClH.H3N.Pt/c1-2(4)3(5)6;;;/h2H,4H2,1H3,(H,5,6);1H;1H3;/q;;;+1/p-1/t2-;;;/m0.../s1. The molecule has 0 unspecified atom stereocenters. The second-order valence-electron chi connectivity index (χ2n) is 1.13. The Labute approximate surface area is 69.2 Å². The van der Waals surface area contributed by atoms with Crippen molar-refractivity contribution in [1.29, 1.82) is 0 Å². The number of aliphatic carboxylic acids is 1. The van der Waals surface area contributed by atoms with Crippen LogP contribution >= 0.6 is 9.42 Å². The van der Waals surface area contributed by atoms with E-state index >= 15 is 0 Å². The quantitative estimate of drug-likeness (QED) is 0.640. The van der Waals surface area contributed by atoms with Gasteiger partial charge in [0.25, 0.3) is 0 Å². The number of nitrogens with two attached hydrogens (primary N) is 1. The molecule has 6 N–H and O–H groups in total. The van der Waals surface area contributed by atoms with Crippen molar-refractivity contribution in [2.24, 2.45) is 5.73 Å². The fourth-order valence-electron chi connectivity index (χ4n) is 0. The van der Waals surface area contributed by atoms with E-state index in [1.54, 1.807) is 18.8 Å². The van der Waals surface area contributed by atoms with Gasteiger partial charge in [-0.1, -0.05) is 0 Å². The molecule has 0 aliphatic carbocycles. The van der Waals surface area contributed by atoms with Crippen molar-refractivity contribution < 1.29 is 28.7 Å². The summed E-state index contributed by atoms with van der Waals surface area (Å²) in [6.07, 6.45) is 0. The van der Waals surface area contributed by atoms with Crippen LogP contribution < -0.4 is 11.9 Å². The molecule has 61 valence electrons. The average molecular weight is 337 g/mol. The van der Waals surface area contributed by atoms with Gasteiger partial charge in [0.1, 0.15) is 6.04 Å². The average Bonchev–Trinajstić information content (AvgIpc) is 1.72. The summed E-state index contributed by atoms with van der Waals surface area (Å²) >= 11 is 1.61. The molecule has 0 bridgehead atoms. The Morgan fingerprint density at radius 1 is 1.78 bits per heavy atom. The molecule has 0 saturated carbocycles. The van der Waals surface area contributed by atoms with Gasteiger partial charge in [-0.05, 0) is 6.92 Å². The van der Waals surface area contributed by atoms with Crippen molar-refractivity contribution in [2.45, 2.75) is 13.0 Å². The van der Waals surface area contributed by atoms with Gasteiger partial charge in [-0.15, -0.1) is 0 Å². The van der Waals surface area contributed by atoms with Crippen molar-refractivity contribution >= 4 is 15.4 Å². The molecular weight excluding hydrogens is 327 g/mol. The maximum absolute atomic E-state index is 9.57. The topological polar surface area (TPSA) is 98.3 Å². The Morgan fingerprint density at radius 3 is 1.89 bits per heavy atom. The summed E-state index contributed by atoms with van der Waals surface area (Å²) in [5, 5.41) is 7.87. The number of carboxylic acid groups (broad SMARTS) is 1. The van der Waals surface area contributed by atoms with Crippen molar-refractivity contribution in [3.05, 3.63) is 0 Å². The van der Waals surface area contributed by atoms with E-state index in [0.29, 0.717) is 0 Å². The molecule has 6 heteroatoms. The summed E-state index contributed by atoms with van der Waals surface area (Å²) < 4.78 is 0. The Balaban J connectivity index is -0.000000109. The summed E-state index contributed by atoms with van der Waals surface area (Å²) in [6.45, 7) is 1.42. The number of hydrogen-bond acceptors (Lipinski definition) is 3. The van der Waals surface area contributed by atoms with Crippen LogP contribution in [-0.4, -0.2) is 17.1 Å². The summed E-state index contributed by atoms with van der Waals surface area (Å²) in [6, 6.07) is -0.731. The van der Waals surface area contributed by atoms with Crippen LogP contribution in [0.15, 0.2) is 0 Å². The summed E-state index contributed by atoms with van der Waals surface area (Å²) in [5.74, 6) is -0.963. The van der Waals surface area contributed by atoms with Crippen LogP contribution in [0.3, 0.4) is 0 Å². The first-order valence-corrected chi connectivity index (χ1v) is 4.56. The summed E-state index contributed by atoms with van der Waals surface area (Å²) in [7, 11) is 4.61. The first kappa shape index (κ1) is 16.2. The van der Waals surface area contributed by atoms with E-state index in [1.165, 1.54) is 6.92 Å². The van der Waals surface area contributed by atoms with Gasteiger partial charge in [-0.25, -0.2) is 0 Å². The molecule has 0 aromatic heterocycles. The van der Waals surface area contributed by atoms with Crippen LogP contribution in [0, 0.1) is 0 Å².